The van der Waals surface area contributed by atoms with Crippen molar-refractivity contribution in [2.45, 2.75) is 45.6 Å². The predicted molar refractivity (Wildman–Crippen MR) is 138 cm³/mol. The summed E-state index contributed by atoms with van der Waals surface area (Å²) in [4.78, 5) is 17.4. The molecule has 0 saturated carbocycles. The summed E-state index contributed by atoms with van der Waals surface area (Å²) in [6.45, 7) is 8.70. The van der Waals surface area contributed by atoms with Gasteiger partial charge in [-0.3, -0.25) is 14.2 Å². The average molecular weight is 493 g/mol. The van der Waals surface area contributed by atoms with Crippen molar-refractivity contribution in [1.82, 2.24) is 29.9 Å². The molecular weight excluding hydrogens is 460 g/mol. The molecule has 4 aromatic rings. The van der Waals surface area contributed by atoms with Gasteiger partial charge in [0.25, 0.3) is 0 Å². The second kappa shape index (κ2) is 9.54. The number of nitrogens with one attached hydrogen (secondary N) is 1. The van der Waals surface area contributed by atoms with E-state index in [-0.39, 0.29) is 17.9 Å². The molecule has 5 rings (SSSR count). The third kappa shape index (κ3) is 5.16. The van der Waals surface area contributed by atoms with Gasteiger partial charge in [0.15, 0.2) is 0 Å². The molecule has 1 amide bonds. The highest BCUT2D eigenvalue weighted by Gasteiger charge is 2.25. The maximum atomic E-state index is 12.5. The van der Waals surface area contributed by atoms with Gasteiger partial charge in [-0.25, -0.2) is 4.98 Å². The summed E-state index contributed by atoms with van der Waals surface area (Å²) < 4.78 is 9.28. The minimum atomic E-state index is -0.212. The van der Waals surface area contributed by atoms with Crippen molar-refractivity contribution in [3.8, 4) is 21.8 Å². The number of rotatable bonds is 6. The first kappa shape index (κ1) is 23.7. The summed E-state index contributed by atoms with van der Waals surface area (Å²) in [5.74, 6) is 0.514. The molecule has 0 radical (unpaired) electrons. The zero-order valence-corrected chi connectivity index (χ0v) is 21.6. The normalized spacial score (nSPS) is 15.1. The Balaban J connectivity index is 1.40. The van der Waals surface area contributed by atoms with Crippen LogP contribution in [0, 0.1) is 5.92 Å². The van der Waals surface area contributed by atoms with Crippen molar-refractivity contribution in [2.75, 3.05) is 19.8 Å². The molecule has 9 heteroatoms. The number of fused-ring (bicyclic) bond motifs is 1. The zero-order chi connectivity index (χ0) is 24.6. The number of nitrogens with zero attached hydrogens (tertiary/aromatic N) is 5. The van der Waals surface area contributed by atoms with Crippen LogP contribution in [-0.2, 0) is 28.5 Å². The average Bonchev–Trinajstić information content (AvgIpc) is 3.54. The van der Waals surface area contributed by atoms with E-state index in [9.17, 15) is 4.79 Å². The SMILES string of the molecule is Cn1cc2ccc(-c3c(-c4nc(CC(=O)NCC5CCOCC5)cs4)cnn3C(C)(C)C)cc2n1. The van der Waals surface area contributed by atoms with E-state index in [0.717, 1.165) is 64.5 Å². The molecule has 35 heavy (non-hydrogen) atoms. The van der Waals surface area contributed by atoms with Gasteiger partial charge in [-0.05, 0) is 45.6 Å². The molecule has 0 spiro atoms. The van der Waals surface area contributed by atoms with Crippen LogP contribution in [0.1, 0.15) is 39.3 Å². The van der Waals surface area contributed by atoms with Gasteiger partial charge in [0.05, 0.1) is 40.6 Å². The second-order valence-electron chi connectivity index (χ2n) is 10.2. The van der Waals surface area contributed by atoms with E-state index in [2.05, 4.69) is 49.4 Å². The summed E-state index contributed by atoms with van der Waals surface area (Å²) >= 11 is 1.55. The van der Waals surface area contributed by atoms with E-state index in [1.807, 2.05) is 34.2 Å². The Morgan fingerprint density at radius 2 is 2.06 bits per heavy atom. The number of aryl methyl sites for hydroxylation is 1. The highest BCUT2D eigenvalue weighted by molar-refractivity contribution is 7.13. The minimum Gasteiger partial charge on any atom is -0.381 e. The molecular formula is C26H32N6O2S. The molecule has 0 aliphatic carbocycles. The molecule has 1 saturated heterocycles. The standard InChI is InChI=1S/C26H32N6O2S/c1-26(2,3)32-24(18-5-6-19-15-31(4)30-22(19)11-18)21(14-28-32)25-29-20(16-35-25)12-23(33)27-13-17-7-9-34-10-8-17/h5-6,11,14-17H,7-10,12-13H2,1-4H3,(H,27,33). The molecule has 3 aromatic heterocycles. The molecule has 1 aliphatic rings. The van der Waals surface area contributed by atoms with Crippen molar-refractivity contribution < 1.29 is 9.53 Å². The van der Waals surface area contributed by atoms with E-state index in [1.165, 1.54) is 0 Å². The zero-order valence-electron chi connectivity index (χ0n) is 20.7. The summed E-state index contributed by atoms with van der Waals surface area (Å²) in [5.41, 5.74) is 4.54. The van der Waals surface area contributed by atoms with E-state index >= 15 is 0 Å². The molecule has 4 heterocycles. The highest BCUT2D eigenvalue weighted by Crippen LogP contribution is 2.37. The number of ether oxygens (including phenoxy) is 1. The number of benzene rings is 1. The summed E-state index contributed by atoms with van der Waals surface area (Å²) in [7, 11) is 1.93. The lowest BCUT2D eigenvalue weighted by molar-refractivity contribution is -0.120. The topological polar surface area (TPSA) is 86.9 Å². The molecule has 1 N–H and O–H groups in total. The van der Waals surface area contributed by atoms with Gasteiger partial charge >= 0.3 is 0 Å². The fourth-order valence-corrected chi connectivity index (χ4v) is 5.36. The Hall–Kier alpha value is -3.04. The number of thiazole rings is 1. The van der Waals surface area contributed by atoms with Crippen molar-refractivity contribution in [1.29, 1.82) is 0 Å². The van der Waals surface area contributed by atoms with Crippen LogP contribution in [0.25, 0.3) is 32.7 Å². The Morgan fingerprint density at radius 1 is 1.26 bits per heavy atom. The smallest absolute Gasteiger partial charge is 0.226 e. The lowest BCUT2D eigenvalue weighted by atomic mass is 10.0. The van der Waals surface area contributed by atoms with Gasteiger partial charge in [-0.1, -0.05) is 12.1 Å². The first-order chi connectivity index (χ1) is 16.8. The Kier molecular flexibility index (Phi) is 6.46. The van der Waals surface area contributed by atoms with Crippen LogP contribution >= 0.6 is 11.3 Å². The van der Waals surface area contributed by atoms with Crippen LogP contribution in [0.4, 0.5) is 0 Å². The number of carbonyl (C=O) groups is 1. The van der Waals surface area contributed by atoms with Crippen LogP contribution in [0.2, 0.25) is 0 Å². The van der Waals surface area contributed by atoms with E-state index < -0.39 is 0 Å². The monoisotopic (exact) mass is 492 g/mol. The Bertz CT molecular complexity index is 1340. The number of amides is 1. The van der Waals surface area contributed by atoms with Crippen LogP contribution in [0.15, 0.2) is 36.0 Å². The molecule has 184 valence electrons. The van der Waals surface area contributed by atoms with Crippen molar-refractivity contribution in [2.24, 2.45) is 13.0 Å². The van der Waals surface area contributed by atoms with E-state index in [4.69, 9.17) is 14.8 Å². The van der Waals surface area contributed by atoms with Gasteiger partial charge in [-0.2, -0.15) is 10.2 Å². The van der Waals surface area contributed by atoms with Gasteiger partial charge in [0, 0.05) is 49.3 Å². The molecule has 1 fully saturated rings. The van der Waals surface area contributed by atoms with Crippen LogP contribution in [-0.4, -0.2) is 50.2 Å². The summed E-state index contributed by atoms with van der Waals surface area (Å²) in [5, 5.41) is 16.3. The first-order valence-corrected chi connectivity index (χ1v) is 13.0. The fraction of sp³-hybridized carbons (Fsp3) is 0.462. The molecule has 0 bridgehead atoms. The quantitative estimate of drug-likeness (QED) is 0.431. The largest absolute Gasteiger partial charge is 0.381 e. The number of hydrogen-bond acceptors (Lipinski definition) is 6. The van der Waals surface area contributed by atoms with E-state index in [1.54, 1.807) is 11.3 Å². The summed E-state index contributed by atoms with van der Waals surface area (Å²) in [6.07, 6.45) is 6.19. The second-order valence-corrected chi connectivity index (χ2v) is 11.1. The number of aromatic nitrogens is 5. The number of hydrogen-bond donors (Lipinski definition) is 1. The van der Waals surface area contributed by atoms with Gasteiger partial charge < -0.3 is 10.1 Å². The molecule has 8 nitrogen and oxygen atoms in total. The molecule has 1 aliphatic heterocycles. The van der Waals surface area contributed by atoms with Gasteiger partial charge in [-0.15, -0.1) is 11.3 Å². The molecule has 0 unspecified atom stereocenters. The third-order valence-corrected chi connectivity index (χ3v) is 7.28. The molecule has 1 aromatic carbocycles. The van der Waals surface area contributed by atoms with E-state index in [0.29, 0.717) is 12.5 Å². The maximum Gasteiger partial charge on any atom is 0.226 e. The highest BCUT2D eigenvalue weighted by atomic mass is 32.1. The minimum absolute atomic E-state index is 0.0135. The Morgan fingerprint density at radius 3 is 2.83 bits per heavy atom. The first-order valence-electron chi connectivity index (χ1n) is 12.1. The van der Waals surface area contributed by atoms with Crippen LogP contribution in [0.3, 0.4) is 0 Å². The lowest BCUT2D eigenvalue weighted by Crippen LogP contribution is -2.33. The van der Waals surface area contributed by atoms with Gasteiger partial charge in [0.1, 0.15) is 5.01 Å². The number of carbonyl (C=O) groups excluding carboxylic acids is 1. The maximum absolute atomic E-state index is 12.5. The van der Waals surface area contributed by atoms with Crippen LogP contribution < -0.4 is 5.32 Å². The predicted octanol–water partition coefficient (Wildman–Crippen LogP) is 4.40. The third-order valence-electron chi connectivity index (χ3n) is 6.35. The Labute approximate surface area is 209 Å². The van der Waals surface area contributed by atoms with Crippen LogP contribution in [0.5, 0.6) is 0 Å². The van der Waals surface area contributed by atoms with Gasteiger partial charge in [0.2, 0.25) is 5.91 Å². The fourth-order valence-electron chi connectivity index (χ4n) is 4.53. The summed E-state index contributed by atoms with van der Waals surface area (Å²) in [6, 6.07) is 6.32. The van der Waals surface area contributed by atoms with Crippen molar-refractivity contribution in [3.63, 3.8) is 0 Å². The molecule has 0 atom stereocenters. The van der Waals surface area contributed by atoms with Crippen molar-refractivity contribution >= 4 is 28.1 Å². The lowest BCUT2D eigenvalue weighted by Gasteiger charge is -2.23. The van der Waals surface area contributed by atoms with Crippen molar-refractivity contribution in [3.05, 3.63) is 41.7 Å².